The third-order valence-corrected chi connectivity index (χ3v) is 2.47. The standard InChI is InChI=1S/C13H22O/c1-5-7-8-10-11(3)13(9-6-2)12(4)14/h6,8,10-11,13H,2,5,7,9H2,1,3-4H3/b10-8-. The molecule has 0 aliphatic heterocycles. The van der Waals surface area contributed by atoms with E-state index < -0.39 is 0 Å². The first-order valence-electron chi connectivity index (χ1n) is 5.41. The van der Waals surface area contributed by atoms with Gasteiger partial charge in [-0.25, -0.2) is 0 Å². The van der Waals surface area contributed by atoms with Crippen molar-refractivity contribution in [2.24, 2.45) is 11.8 Å². The zero-order valence-electron chi connectivity index (χ0n) is 9.62. The second kappa shape index (κ2) is 7.54. The molecule has 14 heavy (non-hydrogen) atoms. The normalized spacial score (nSPS) is 15.4. The summed E-state index contributed by atoms with van der Waals surface area (Å²) in [5.41, 5.74) is 0. The summed E-state index contributed by atoms with van der Waals surface area (Å²) in [5, 5.41) is 0. The highest BCUT2D eigenvalue weighted by Gasteiger charge is 2.17. The Morgan fingerprint density at radius 2 is 2.14 bits per heavy atom. The van der Waals surface area contributed by atoms with Crippen LogP contribution >= 0.6 is 0 Å². The van der Waals surface area contributed by atoms with E-state index in [-0.39, 0.29) is 11.7 Å². The van der Waals surface area contributed by atoms with Gasteiger partial charge >= 0.3 is 0 Å². The van der Waals surface area contributed by atoms with Crippen LogP contribution < -0.4 is 0 Å². The smallest absolute Gasteiger partial charge is 0.133 e. The highest BCUT2D eigenvalue weighted by molar-refractivity contribution is 5.78. The molecule has 1 nitrogen and oxygen atoms in total. The largest absolute Gasteiger partial charge is 0.300 e. The van der Waals surface area contributed by atoms with Crippen LogP contribution in [-0.4, -0.2) is 5.78 Å². The van der Waals surface area contributed by atoms with Gasteiger partial charge < -0.3 is 0 Å². The maximum absolute atomic E-state index is 11.3. The van der Waals surface area contributed by atoms with Gasteiger partial charge in [-0.1, -0.05) is 38.5 Å². The number of unbranched alkanes of at least 4 members (excludes halogenated alkanes) is 1. The van der Waals surface area contributed by atoms with E-state index in [4.69, 9.17) is 0 Å². The molecule has 0 radical (unpaired) electrons. The predicted molar refractivity (Wildman–Crippen MR) is 62.2 cm³/mol. The minimum absolute atomic E-state index is 0.112. The lowest BCUT2D eigenvalue weighted by molar-refractivity contribution is -0.121. The van der Waals surface area contributed by atoms with Crippen LogP contribution in [0.15, 0.2) is 24.8 Å². The number of ketones is 1. The van der Waals surface area contributed by atoms with E-state index in [1.807, 2.05) is 6.08 Å². The highest BCUT2D eigenvalue weighted by Crippen LogP contribution is 2.19. The van der Waals surface area contributed by atoms with Crippen LogP contribution in [-0.2, 0) is 4.79 Å². The Labute approximate surface area is 87.9 Å². The molecule has 0 saturated carbocycles. The molecule has 0 amide bonds. The van der Waals surface area contributed by atoms with Gasteiger partial charge in [0.1, 0.15) is 5.78 Å². The second-order valence-electron chi connectivity index (χ2n) is 3.82. The first-order valence-corrected chi connectivity index (χ1v) is 5.41. The van der Waals surface area contributed by atoms with Gasteiger partial charge in [0.15, 0.2) is 0 Å². The van der Waals surface area contributed by atoms with E-state index >= 15 is 0 Å². The number of hydrogen-bond acceptors (Lipinski definition) is 1. The van der Waals surface area contributed by atoms with E-state index in [1.165, 1.54) is 0 Å². The Kier molecular flexibility index (Phi) is 7.09. The van der Waals surface area contributed by atoms with Crippen molar-refractivity contribution in [1.82, 2.24) is 0 Å². The third-order valence-electron chi connectivity index (χ3n) is 2.47. The minimum Gasteiger partial charge on any atom is -0.300 e. The molecule has 0 aromatic rings. The molecular formula is C13H22O. The second-order valence-corrected chi connectivity index (χ2v) is 3.82. The molecule has 0 aromatic heterocycles. The minimum atomic E-state index is 0.112. The molecule has 0 N–H and O–H groups in total. The molecule has 0 bridgehead atoms. The number of carbonyl (C=O) groups is 1. The van der Waals surface area contributed by atoms with Gasteiger partial charge in [0.25, 0.3) is 0 Å². The van der Waals surface area contributed by atoms with Gasteiger partial charge in [-0.05, 0) is 25.7 Å². The van der Waals surface area contributed by atoms with Crippen LogP contribution in [0, 0.1) is 11.8 Å². The average molecular weight is 194 g/mol. The highest BCUT2D eigenvalue weighted by atomic mass is 16.1. The topological polar surface area (TPSA) is 17.1 Å². The van der Waals surface area contributed by atoms with Crippen molar-refractivity contribution in [3.8, 4) is 0 Å². The van der Waals surface area contributed by atoms with Crippen molar-refractivity contribution in [2.75, 3.05) is 0 Å². The lowest BCUT2D eigenvalue weighted by atomic mass is 9.87. The van der Waals surface area contributed by atoms with E-state index in [1.54, 1.807) is 6.92 Å². The quantitative estimate of drug-likeness (QED) is 0.564. The van der Waals surface area contributed by atoms with Crippen molar-refractivity contribution >= 4 is 5.78 Å². The molecule has 2 atom stereocenters. The molecule has 2 unspecified atom stereocenters. The van der Waals surface area contributed by atoms with Crippen molar-refractivity contribution in [3.63, 3.8) is 0 Å². The summed E-state index contributed by atoms with van der Waals surface area (Å²) in [7, 11) is 0. The number of Topliss-reactive ketones (excluding diaryl/α,β-unsaturated/α-hetero) is 1. The van der Waals surface area contributed by atoms with Crippen LogP contribution in [0.3, 0.4) is 0 Å². The number of allylic oxidation sites excluding steroid dienone is 3. The maximum atomic E-state index is 11.3. The predicted octanol–water partition coefficient (Wildman–Crippen LogP) is 3.76. The monoisotopic (exact) mass is 194 g/mol. The summed E-state index contributed by atoms with van der Waals surface area (Å²) in [6, 6.07) is 0. The van der Waals surface area contributed by atoms with Crippen LogP contribution in [0.1, 0.15) is 40.0 Å². The summed E-state index contributed by atoms with van der Waals surface area (Å²) in [4.78, 5) is 11.3. The van der Waals surface area contributed by atoms with Crippen molar-refractivity contribution in [1.29, 1.82) is 0 Å². The molecule has 0 saturated heterocycles. The van der Waals surface area contributed by atoms with Crippen molar-refractivity contribution < 1.29 is 4.79 Å². The van der Waals surface area contributed by atoms with Crippen LogP contribution in [0.25, 0.3) is 0 Å². The zero-order valence-corrected chi connectivity index (χ0v) is 9.62. The van der Waals surface area contributed by atoms with E-state index in [0.717, 1.165) is 19.3 Å². The Morgan fingerprint density at radius 1 is 1.50 bits per heavy atom. The van der Waals surface area contributed by atoms with Crippen molar-refractivity contribution in [2.45, 2.75) is 40.0 Å². The van der Waals surface area contributed by atoms with Crippen LogP contribution in [0.5, 0.6) is 0 Å². The van der Waals surface area contributed by atoms with Crippen LogP contribution in [0.4, 0.5) is 0 Å². The molecule has 0 aromatic carbocycles. The summed E-state index contributed by atoms with van der Waals surface area (Å²) in [5.74, 6) is 0.705. The lowest BCUT2D eigenvalue weighted by Crippen LogP contribution is -2.17. The maximum Gasteiger partial charge on any atom is 0.133 e. The number of carbonyl (C=O) groups excluding carboxylic acids is 1. The van der Waals surface area contributed by atoms with Crippen molar-refractivity contribution in [3.05, 3.63) is 24.8 Å². The summed E-state index contributed by atoms with van der Waals surface area (Å²) in [6.07, 6.45) is 9.20. The molecule has 80 valence electrons. The third kappa shape index (κ3) is 5.00. The van der Waals surface area contributed by atoms with E-state index in [2.05, 4.69) is 32.6 Å². The van der Waals surface area contributed by atoms with E-state index in [0.29, 0.717) is 5.92 Å². The van der Waals surface area contributed by atoms with Crippen LogP contribution in [0.2, 0.25) is 0 Å². The average Bonchev–Trinajstić information content (AvgIpc) is 2.13. The Hall–Kier alpha value is -0.850. The fourth-order valence-corrected chi connectivity index (χ4v) is 1.54. The molecule has 0 aliphatic carbocycles. The molecule has 0 heterocycles. The van der Waals surface area contributed by atoms with Gasteiger partial charge in [-0.15, -0.1) is 6.58 Å². The van der Waals surface area contributed by atoms with Gasteiger partial charge in [0.2, 0.25) is 0 Å². The molecular weight excluding hydrogens is 172 g/mol. The van der Waals surface area contributed by atoms with Gasteiger partial charge in [-0.3, -0.25) is 4.79 Å². The van der Waals surface area contributed by atoms with Gasteiger partial charge in [0.05, 0.1) is 0 Å². The summed E-state index contributed by atoms with van der Waals surface area (Å²) < 4.78 is 0. The SMILES string of the molecule is C=CCC(C(C)=O)C(C)/C=C\CCC. The first-order chi connectivity index (χ1) is 6.63. The lowest BCUT2D eigenvalue weighted by Gasteiger charge is -2.16. The molecule has 0 aliphatic rings. The number of hydrogen-bond donors (Lipinski definition) is 0. The Morgan fingerprint density at radius 3 is 2.57 bits per heavy atom. The Bertz CT molecular complexity index is 203. The fraction of sp³-hybridized carbons (Fsp3) is 0.615. The summed E-state index contributed by atoms with van der Waals surface area (Å²) >= 11 is 0. The molecule has 1 heteroatoms. The van der Waals surface area contributed by atoms with Gasteiger partial charge in [-0.2, -0.15) is 0 Å². The molecule has 0 fully saturated rings. The van der Waals surface area contributed by atoms with E-state index in [9.17, 15) is 4.79 Å². The van der Waals surface area contributed by atoms with Gasteiger partial charge in [0, 0.05) is 5.92 Å². The fourth-order valence-electron chi connectivity index (χ4n) is 1.54. The first kappa shape index (κ1) is 13.2. The summed E-state index contributed by atoms with van der Waals surface area (Å²) in [6.45, 7) is 9.60. The molecule has 0 rings (SSSR count). The Balaban J connectivity index is 4.20. The molecule has 0 spiro atoms. The zero-order chi connectivity index (χ0) is 11.0. The number of rotatable bonds is 7.